The highest BCUT2D eigenvalue weighted by molar-refractivity contribution is 7.92. The van der Waals surface area contributed by atoms with Gasteiger partial charge in [0, 0.05) is 13.1 Å². The van der Waals surface area contributed by atoms with Gasteiger partial charge in [-0.05, 0) is 55.7 Å². The van der Waals surface area contributed by atoms with E-state index in [0.717, 1.165) is 28.3 Å². The molecule has 0 aromatic heterocycles. The SMILES string of the molecule is CCCCNC(=O)[C@@H](CC)N(Cc1ccccc1)C(=O)CN(c1ccc(OC)c(Cl)c1)S(=O)(=O)c1ccc(C)cc1. The second-order valence-electron chi connectivity index (χ2n) is 9.72. The summed E-state index contributed by atoms with van der Waals surface area (Å²) < 4.78 is 34.2. The third-order valence-corrected chi connectivity index (χ3v) is 8.81. The van der Waals surface area contributed by atoms with Gasteiger partial charge < -0.3 is 15.0 Å². The summed E-state index contributed by atoms with van der Waals surface area (Å²) in [6.07, 6.45) is 2.09. The van der Waals surface area contributed by atoms with Crippen LogP contribution >= 0.6 is 11.6 Å². The van der Waals surface area contributed by atoms with Crippen LogP contribution in [0.2, 0.25) is 5.02 Å². The molecule has 220 valence electrons. The summed E-state index contributed by atoms with van der Waals surface area (Å²) in [5.74, 6) is -0.422. The number of ether oxygens (including phenoxy) is 1. The predicted molar refractivity (Wildman–Crippen MR) is 163 cm³/mol. The maximum absolute atomic E-state index is 14.1. The molecule has 3 aromatic rings. The fourth-order valence-corrected chi connectivity index (χ4v) is 6.04. The number of nitrogens with one attached hydrogen (secondary N) is 1. The normalized spacial score (nSPS) is 11.9. The quantitative estimate of drug-likeness (QED) is 0.244. The lowest BCUT2D eigenvalue weighted by atomic mass is 10.1. The predicted octanol–water partition coefficient (Wildman–Crippen LogP) is 5.58. The Morgan fingerprint density at radius 3 is 2.27 bits per heavy atom. The van der Waals surface area contributed by atoms with E-state index < -0.39 is 28.5 Å². The summed E-state index contributed by atoms with van der Waals surface area (Å²) in [5.41, 5.74) is 1.92. The molecule has 41 heavy (non-hydrogen) atoms. The van der Waals surface area contributed by atoms with E-state index in [-0.39, 0.29) is 28.1 Å². The number of aryl methyl sites for hydroxylation is 1. The average molecular weight is 600 g/mol. The molecule has 0 aliphatic heterocycles. The molecule has 3 aromatic carbocycles. The summed E-state index contributed by atoms with van der Waals surface area (Å²) >= 11 is 6.38. The van der Waals surface area contributed by atoms with Gasteiger partial charge in [-0.1, -0.05) is 79.9 Å². The van der Waals surface area contributed by atoms with E-state index in [9.17, 15) is 18.0 Å². The van der Waals surface area contributed by atoms with Gasteiger partial charge in [0.05, 0.1) is 22.7 Å². The smallest absolute Gasteiger partial charge is 0.264 e. The van der Waals surface area contributed by atoms with E-state index in [1.807, 2.05) is 51.1 Å². The minimum Gasteiger partial charge on any atom is -0.495 e. The van der Waals surface area contributed by atoms with Gasteiger partial charge in [-0.25, -0.2) is 8.42 Å². The largest absolute Gasteiger partial charge is 0.495 e. The van der Waals surface area contributed by atoms with Crippen LogP contribution in [0.25, 0.3) is 0 Å². The van der Waals surface area contributed by atoms with Crippen LogP contribution in [0.15, 0.2) is 77.7 Å². The third-order valence-electron chi connectivity index (χ3n) is 6.72. The Hall–Kier alpha value is -3.56. The van der Waals surface area contributed by atoms with Gasteiger partial charge in [-0.2, -0.15) is 0 Å². The Balaban J connectivity index is 2.05. The zero-order valence-electron chi connectivity index (χ0n) is 24.0. The van der Waals surface area contributed by atoms with Crippen molar-refractivity contribution in [3.63, 3.8) is 0 Å². The van der Waals surface area contributed by atoms with Gasteiger partial charge in [0.25, 0.3) is 10.0 Å². The van der Waals surface area contributed by atoms with Crippen LogP contribution in [0.3, 0.4) is 0 Å². The zero-order valence-corrected chi connectivity index (χ0v) is 25.5. The molecule has 8 nitrogen and oxygen atoms in total. The van der Waals surface area contributed by atoms with Crippen LogP contribution < -0.4 is 14.4 Å². The first-order chi connectivity index (χ1) is 19.6. The molecule has 0 saturated carbocycles. The van der Waals surface area contributed by atoms with Crippen molar-refractivity contribution in [3.8, 4) is 5.75 Å². The molecule has 2 amide bonds. The number of nitrogens with zero attached hydrogens (tertiary/aromatic N) is 2. The van der Waals surface area contributed by atoms with Crippen LogP contribution in [0.5, 0.6) is 5.75 Å². The van der Waals surface area contributed by atoms with Crippen molar-refractivity contribution in [1.29, 1.82) is 0 Å². The fourth-order valence-electron chi connectivity index (χ4n) is 4.38. The number of benzene rings is 3. The van der Waals surface area contributed by atoms with E-state index in [1.54, 1.807) is 24.3 Å². The van der Waals surface area contributed by atoms with Crippen LogP contribution in [0.4, 0.5) is 5.69 Å². The molecule has 0 unspecified atom stereocenters. The maximum Gasteiger partial charge on any atom is 0.264 e. The van der Waals surface area contributed by atoms with Gasteiger partial charge in [0.2, 0.25) is 11.8 Å². The second kappa shape index (κ2) is 14.9. The minimum atomic E-state index is -4.19. The Bertz CT molecular complexity index is 1420. The van der Waals surface area contributed by atoms with Gasteiger partial charge in [0.15, 0.2) is 0 Å². The molecule has 0 heterocycles. The van der Waals surface area contributed by atoms with Crippen LogP contribution in [0.1, 0.15) is 44.2 Å². The Morgan fingerprint density at radius 1 is 1.00 bits per heavy atom. The second-order valence-corrected chi connectivity index (χ2v) is 12.0. The monoisotopic (exact) mass is 599 g/mol. The standard InChI is InChI=1S/C31H38ClN3O5S/c1-5-7-19-33-31(37)28(6-2)34(21-24-11-9-8-10-12-24)30(36)22-35(25-15-18-29(40-4)27(32)20-25)41(38,39)26-16-13-23(3)14-17-26/h8-18,20,28H,5-7,19,21-22H2,1-4H3,(H,33,37)/t28-/m1/s1. The molecule has 10 heteroatoms. The topological polar surface area (TPSA) is 96.0 Å². The number of unbranched alkanes of at least 4 members (excludes halogenated alkanes) is 1. The molecule has 0 fully saturated rings. The van der Waals surface area contributed by atoms with Crippen molar-refractivity contribution in [1.82, 2.24) is 10.2 Å². The molecule has 0 radical (unpaired) electrons. The first-order valence-electron chi connectivity index (χ1n) is 13.7. The molecule has 0 bridgehead atoms. The number of halogens is 1. The highest BCUT2D eigenvalue weighted by atomic mass is 35.5. The molecule has 1 N–H and O–H groups in total. The number of sulfonamides is 1. The third kappa shape index (κ3) is 8.24. The van der Waals surface area contributed by atoms with Crippen molar-refractivity contribution in [2.75, 3.05) is 24.5 Å². The van der Waals surface area contributed by atoms with E-state index in [0.29, 0.717) is 18.7 Å². The molecule has 1 atom stereocenters. The van der Waals surface area contributed by atoms with Crippen LogP contribution in [0, 0.1) is 6.92 Å². The van der Waals surface area contributed by atoms with E-state index in [4.69, 9.17) is 16.3 Å². The van der Waals surface area contributed by atoms with Crippen molar-refractivity contribution >= 4 is 39.1 Å². The number of methoxy groups -OCH3 is 1. The van der Waals surface area contributed by atoms with Crippen molar-refractivity contribution in [3.05, 3.63) is 88.9 Å². The number of hydrogen-bond donors (Lipinski definition) is 1. The molecule has 0 spiro atoms. The molecule has 3 rings (SSSR count). The molecular weight excluding hydrogens is 562 g/mol. The average Bonchev–Trinajstić information content (AvgIpc) is 2.96. The van der Waals surface area contributed by atoms with Crippen molar-refractivity contribution < 1.29 is 22.7 Å². The Morgan fingerprint density at radius 2 is 1.68 bits per heavy atom. The summed E-state index contributed by atoms with van der Waals surface area (Å²) in [6, 6.07) is 19.5. The molecule has 0 saturated heterocycles. The number of hydrogen-bond acceptors (Lipinski definition) is 5. The summed E-state index contributed by atoms with van der Waals surface area (Å²) in [6.45, 7) is 5.82. The van der Waals surface area contributed by atoms with Gasteiger partial charge in [-0.3, -0.25) is 13.9 Å². The summed E-state index contributed by atoms with van der Waals surface area (Å²) in [5, 5.41) is 3.12. The fraction of sp³-hybridized carbons (Fsp3) is 0.355. The first kappa shape index (κ1) is 32.0. The lowest BCUT2D eigenvalue weighted by molar-refractivity contribution is -0.140. The highest BCUT2D eigenvalue weighted by Crippen LogP contribution is 2.32. The lowest BCUT2D eigenvalue weighted by Crippen LogP contribution is -2.52. The molecule has 0 aliphatic carbocycles. The van der Waals surface area contributed by atoms with E-state index >= 15 is 0 Å². The minimum absolute atomic E-state index is 0.0294. The Kier molecular flexibility index (Phi) is 11.6. The summed E-state index contributed by atoms with van der Waals surface area (Å²) in [4.78, 5) is 28.8. The number of anilines is 1. The number of amides is 2. The van der Waals surface area contributed by atoms with Crippen molar-refractivity contribution in [2.45, 2.75) is 57.5 Å². The summed E-state index contributed by atoms with van der Waals surface area (Å²) in [7, 11) is -2.73. The zero-order chi connectivity index (χ0) is 30.0. The lowest BCUT2D eigenvalue weighted by Gasteiger charge is -2.33. The first-order valence-corrected chi connectivity index (χ1v) is 15.5. The highest BCUT2D eigenvalue weighted by Gasteiger charge is 2.33. The van der Waals surface area contributed by atoms with Gasteiger partial charge in [-0.15, -0.1) is 0 Å². The number of carbonyl (C=O) groups is 2. The molecular formula is C31H38ClN3O5S. The number of rotatable bonds is 14. The molecule has 0 aliphatic rings. The van der Waals surface area contributed by atoms with Crippen LogP contribution in [-0.4, -0.2) is 51.4 Å². The van der Waals surface area contributed by atoms with E-state index in [2.05, 4.69) is 5.32 Å². The van der Waals surface area contributed by atoms with Gasteiger partial charge in [0.1, 0.15) is 18.3 Å². The van der Waals surface area contributed by atoms with Crippen molar-refractivity contribution in [2.24, 2.45) is 0 Å². The van der Waals surface area contributed by atoms with Crippen LogP contribution in [-0.2, 0) is 26.2 Å². The van der Waals surface area contributed by atoms with E-state index in [1.165, 1.54) is 30.2 Å². The number of carbonyl (C=O) groups excluding carboxylic acids is 2. The maximum atomic E-state index is 14.1. The van der Waals surface area contributed by atoms with Gasteiger partial charge >= 0.3 is 0 Å². The Labute approximate surface area is 248 Å².